The molecule has 0 spiro atoms. The van der Waals surface area contributed by atoms with Crippen LogP contribution in [-0.2, 0) is 4.79 Å². The number of halogens is 1. The number of nitrogens with zero attached hydrogens (tertiary/aromatic N) is 1. The molecule has 1 heterocycles. The molecule has 0 radical (unpaired) electrons. The quantitative estimate of drug-likeness (QED) is 0.882. The number of hydrogen-bond acceptors (Lipinski definition) is 3. The van der Waals surface area contributed by atoms with Crippen LogP contribution in [0.1, 0.15) is 18.5 Å². The summed E-state index contributed by atoms with van der Waals surface area (Å²) in [6.07, 6.45) is 0. The fraction of sp³-hybridized carbons (Fsp3) is 0.235. The van der Waals surface area contributed by atoms with Crippen molar-refractivity contribution in [2.24, 2.45) is 5.73 Å². The minimum absolute atomic E-state index is 0.0888. The molecule has 4 nitrogen and oxygen atoms in total. The highest BCUT2D eigenvalue weighted by atomic mass is 35.5. The van der Waals surface area contributed by atoms with Crippen LogP contribution >= 0.6 is 11.6 Å². The lowest BCUT2D eigenvalue weighted by atomic mass is 9.88. The van der Waals surface area contributed by atoms with Crippen LogP contribution in [0.4, 0.5) is 5.69 Å². The van der Waals surface area contributed by atoms with Gasteiger partial charge in [0, 0.05) is 10.7 Å². The third kappa shape index (κ3) is 2.56. The summed E-state index contributed by atoms with van der Waals surface area (Å²) in [5.41, 5.74) is 7.74. The van der Waals surface area contributed by atoms with Crippen molar-refractivity contribution in [1.29, 1.82) is 0 Å². The van der Waals surface area contributed by atoms with Crippen LogP contribution in [0, 0.1) is 0 Å². The molecule has 1 fully saturated rings. The Morgan fingerprint density at radius 3 is 2.59 bits per heavy atom. The second-order valence-corrected chi connectivity index (χ2v) is 5.60. The first kappa shape index (κ1) is 14.9. The molecule has 3 rings (SSSR count). The summed E-state index contributed by atoms with van der Waals surface area (Å²) in [5, 5.41) is 0.635. The Hall–Kier alpha value is -2.04. The van der Waals surface area contributed by atoms with E-state index in [1.807, 2.05) is 49.4 Å². The lowest BCUT2D eigenvalue weighted by molar-refractivity contribution is -0.126. The molecule has 114 valence electrons. The van der Waals surface area contributed by atoms with Gasteiger partial charge in [-0.05, 0) is 48.9 Å². The number of amides is 1. The lowest BCUT2D eigenvalue weighted by Crippen LogP contribution is -2.63. The monoisotopic (exact) mass is 316 g/mol. The summed E-state index contributed by atoms with van der Waals surface area (Å²) in [4.78, 5) is 13.9. The van der Waals surface area contributed by atoms with E-state index >= 15 is 0 Å². The maximum Gasteiger partial charge on any atom is 0.247 e. The van der Waals surface area contributed by atoms with Gasteiger partial charge in [0.25, 0.3) is 0 Å². The van der Waals surface area contributed by atoms with E-state index in [2.05, 4.69) is 0 Å². The van der Waals surface area contributed by atoms with Crippen LogP contribution in [0.25, 0.3) is 0 Å². The molecule has 0 aromatic heterocycles. The highest BCUT2D eigenvalue weighted by Gasteiger charge is 2.46. The second kappa shape index (κ2) is 5.99. The van der Waals surface area contributed by atoms with Gasteiger partial charge in [-0.2, -0.15) is 0 Å². The summed E-state index contributed by atoms with van der Waals surface area (Å²) in [5.74, 6) is 0.692. The van der Waals surface area contributed by atoms with Gasteiger partial charge < -0.3 is 15.4 Å². The molecule has 22 heavy (non-hydrogen) atoms. The number of carbonyl (C=O) groups excluding carboxylic acids is 1. The van der Waals surface area contributed by atoms with E-state index in [-0.39, 0.29) is 11.9 Å². The van der Waals surface area contributed by atoms with Crippen molar-refractivity contribution >= 4 is 23.2 Å². The van der Waals surface area contributed by atoms with Gasteiger partial charge in [0.15, 0.2) is 0 Å². The highest BCUT2D eigenvalue weighted by molar-refractivity contribution is 6.30. The van der Waals surface area contributed by atoms with Crippen molar-refractivity contribution in [1.82, 2.24) is 0 Å². The number of ether oxygens (including phenoxy) is 1. The lowest BCUT2D eigenvalue weighted by Gasteiger charge is -2.45. The van der Waals surface area contributed by atoms with E-state index in [1.54, 1.807) is 11.0 Å². The van der Waals surface area contributed by atoms with E-state index in [9.17, 15) is 4.79 Å². The normalized spacial score (nSPS) is 20.7. The van der Waals surface area contributed by atoms with E-state index in [4.69, 9.17) is 22.1 Å². The maximum absolute atomic E-state index is 12.2. The number of hydrogen-bond donors (Lipinski definition) is 1. The summed E-state index contributed by atoms with van der Waals surface area (Å²) in [6.45, 7) is 2.54. The predicted molar refractivity (Wildman–Crippen MR) is 87.3 cm³/mol. The topological polar surface area (TPSA) is 55.6 Å². The van der Waals surface area contributed by atoms with Crippen LogP contribution < -0.4 is 15.4 Å². The minimum Gasteiger partial charge on any atom is -0.494 e. The Morgan fingerprint density at radius 1 is 1.23 bits per heavy atom. The molecule has 1 aliphatic heterocycles. The molecule has 2 aromatic rings. The standard InChI is InChI=1S/C17H17ClN2O2/c1-2-22-14-8-6-13(7-9-14)20-16(15(19)17(20)21)11-4-3-5-12(18)10-11/h3-10,15-16H,2,19H2,1H3/t15-,16-/m0/s1. The van der Waals surface area contributed by atoms with Gasteiger partial charge in [0.2, 0.25) is 5.91 Å². The molecule has 2 aromatic carbocycles. The smallest absolute Gasteiger partial charge is 0.247 e. The zero-order valence-corrected chi connectivity index (χ0v) is 13.0. The van der Waals surface area contributed by atoms with E-state index in [0.717, 1.165) is 17.0 Å². The van der Waals surface area contributed by atoms with Gasteiger partial charge in [-0.1, -0.05) is 23.7 Å². The van der Waals surface area contributed by atoms with Crippen LogP contribution in [0.2, 0.25) is 5.02 Å². The van der Waals surface area contributed by atoms with Crippen molar-refractivity contribution < 1.29 is 9.53 Å². The van der Waals surface area contributed by atoms with Gasteiger partial charge in [-0.15, -0.1) is 0 Å². The largest absolute Gasteiger partial charge is 0.494 e. The molecule has 2 N–H and O–H groups in total. The summed E-state index contributed by atoms with van der Waals surface area (Å²) < 4.78 is 5.42. The molecule has 1 saturated heterocycles. The van der Waals surface area contributed by atoms with Crippen LogP contribution in [0.5, 0.6) is 5.75 Å². The third-order valence-corrected chi connectivity index (χ3v) is 3.99. The average Bonchev–Trinajstić information content (AvgIpc) is 2.53. The molecule has 0 unspecified atom stereocenters. The fourth-order valence-electron chi connectivity index (χ4n) is 2.72. The number of β-lactam (4-membered cyclic amide) rings is 1. The summed E-state index contributed by atoms with van der Waals surface area (Å²) >= 11 is 6.04. The van der Waals surface area contributed by atoms with E-state index in [1.165, 1.54) is 0 Å². The summed E-state index contributed by atoms with van der Waals surface area (Å²) in [7, 11) is 0. The first-order valence-electron chi connectivity index (χ1n) is 7.19. The Labute approximate surface area is 134 Å². The van der Waals surface area contributed by atoms with Crippen LogP contribution in [0.15, 0.2) is 48.5 Å². The Morgan fingerprint density at radius 2 is 1.95 bits per heavy atom. The number of carbonyl (C=O) groups is 1. The second-order valence-electron chi connectivity index (χ2n) is 5.16. The molecule has 5 heteroatoms. The first-order chi connectivity index (χ1) is 10.6. The molecule has 1 amide bonds. The molecule has 1 aliphatic rings. The summed E-state index contributed by atoms with van der Waals surface area (Å²) in [6, 6.07) is 14.2. The van der Waals surface area contributed by atoms with Gasteiger partial charge in [0.1, 0.15) is 11.8 Å². The number of nitrogens with two attached hydrogens (primary N) is 1. The zero-order chi connectivity index (χ0) is 15.7. The molecular formula is C17H17ClN2O2. The van der Waals surface area contributed by atoms with Crippen molar-refractivity contribution in [2.75, 3.05) is 11.5 Å². The third-order valence-electron chi connectivity index (χ3n) is 3.76. The Balaban J connectivity index is 1.89. The molecule has 0 bridgehead atoms. The van der Waals surface area contributed by atoms with Crippen molar-refractivity contribution in [3.63, 3.8) is 0 Å². The van der Waals surface area contributed by atoms with E-state index < -0.39 is 6.04 Å². The van der Waals surface area contributed by atoms with Crippen LogP contribution in [0.3, 0.4) is 0 Å². The minimum atomic E-state index is -0.537. The van der Waals surface area contributed by atoms with Gasteiger partial charge in [-0.25, -0.2) is 0 Å². The van der Waals surface area contributed by atoms with Gasteiger partial charge in [0.05, 0.1) is 12.6 Å². The number of anilines is 1. The Kier molecular flexibility index (Phi) is 4.05. The van der Waals surface area contributed by atoms with Crippen LogP contribution in [-0.4, -0.2) is 18.6 Å². The van der Waals surface area contributed by atoms with Gasteiger partial charge >= 0.3 is 0 Å². The van der Waals surface area contributed by atoms with E-state index in [0.29, 0.717) is 11.6 Å². The number of benzene rings is 2. The van der Waals surface area contributed by atoms with Gasteiger partial charge in [-0.3, -0.25) is 4.79 Å². The molecule has 0 saturated carbocycles. The van der Waals surface area contributed by atoms with Crippen molar-refractivity contribution in [3.8, 4) is 5.75 Å². The molecule has 0 aliphatic carbocycles. The number of rotatable bonds is 4. The average molecular weight is 317 g/mol. The molecular weight excluding hydrogens is 300 g/mol. The zero-order valence-electron chi connectivity index (χ0n) is 12.2. The first-order valence-corrected chi connectivity index (χ1v) is 7.56. The Bertz CT molecular complexity index is 687. The molecule has 2 atom stereocenters. The van der Waals surface area contributed by atoms with Crippen molar-refractivity contribution in [2.45, 2.75) is 19.0 Å². The highest BCUT2D eigenvalue weighted by Crippen LogP contribution is 2.39. The van der Waals surface area contributed by atoms with Crippen molar-refractivity contribution in [3.05, 3.63) is 59.1 Å². The maximum atomic E-state index is 12.2. The SMILES string of the molecule is CCOc1ccc(N2C(=O)[C@@H](N)[C@@H]2c2cccc(Cl)c2)cc1. The fourth-order valence-corrected chi connectivity index (χ4v) is 2.91. The predicted octanol–water partition coefficient (Wildman–Crippen LogP) is 3.15.